The smallest absolute Gasteiger partial charge is 0.242 e. The van der Waals surface area contributed by atoms with E-state index in [4.69, 9.17) is 0 Å². The summed E-state index contributed by atoms with van der Waals surface area (Å²) in [6.45, 7) is 0.908. The standard InChI is InChI=1S/C26H27N3O4S/c30-25(19-23-11-6-10-22-9-4-5-12-24(22)23)27-20-26(31)28-14-16-29(17-15-28)34(32,33)18-13-21-7-2-1-3-8-21/h1-13,18H,14-17,19-20H2,(H,27,30)/b18-13+. The van der Waals surface area contributed by atoms with Crippen molar-refractivity contribution < 1.29 is 18.0 Å². The summed E-state index contributed by atoms with van der Waals surface area (Å²) in [4.78, 5) is 26.6. The van der Waals surface area contributed by atoms with Crippen LogP contribution in [0, 0.1) is 0 Å². The van der Waals surface area contributed by atoms with Gasteiger partial charge in [0, 0.05) is 31.6 Å². The molecule has 176 valence electrons. The highest BCUT2D eigenvalue weighted by atomic mass is 32.2. The van der Waals surface area contributed by atoms with Crippen molar-refractivity contribution in [2.45, 2.75) is 6.42 Å². The zero-order chi connectivity index (χ0) is 24.0. The van der Waals surface area contributed by atoms with E-state index in [1.165, 1.54) is 9.71 Å². The van der Waals surface area contributed by atoms with Crippen LogP contribution in [0.3, 0.4) is 0 Å². The molecule has 34 heavy (non-hydrogen) atoms. The minimum atomic E-state index is -3.56. The highest BCUT2D eigenvalue weighted by molar-refractivity contribution is 7.92. The van der Waals surface area contributed by atoms with E-state index in [-0.39, 0.29) is 51.0 Å². The van der Waals surface area contributed by atoms with Gasteiger partial charge in [0.15, 0.2) is 0 Å². The van der Waals surface area contributed by atoms with Crippen LogP contribution in [-0.2, 0) is 26.0 Å². The van der Waals surface area contributed by atoms with Crippen molar-refractivity contribution in [1.82, 2.24) is 14.5 Å². The van der Waals surface area contributed by atoms with E-state index in [9.17, 15) is 18.0 Å². The predicted molar refractivity (Wildman–Crippen MR) is 133 cm³/mol. The molecule has 3 aromatic rings. The molecule has 0 saturated carbocycles. The van der Waals surface area contributed by atoms with Crippen molar-refractivity contribution in [3.05, 3.63) is 89.3 Å². The molecule has 0 spiro atoms. The number of carbonyl (C=O) groups is 2. The molecule has 8 heteroatoms. The van der Waals surface area contributed by atoms with Gasteiger partial charge in [0.05, 0.1) is 13.0 Å². The fraction of sp³-hybridized carbons (Fsp3) is 0.231. The van der Waals surface area contributed by atoms with Crippen LogP contribution in [0.1, 0.15) is 11.1 Å². The molecule has 0 aliphatic carbocycles. The molecule has 0 aromatic heterocycles. The van der Waals surface area contributed by atoms with Crippen molar-refractivity contribution in [3.8, 4) is 0 Å². The van der Waals surface area contributed by atoms with Gasteiger partial charge >= 0.3 is 0 Å². The first-order chi connectivity index (χ1) is 16.4. The molecule has 0 unspecified atom stereocenters. The topological polar surface area (TPSA) is 86.8 Å². The van der Waals surface area contributed by atoms with Crippen LogP contribution in [-0.4, -0.2) is 62.2 Å². The molecular formula is C26H27N3O4S. The summed E-state index contributed by atoms with van der Waals surface area (Å²) in [5.74, 6) is -0.444. The quantitative estimate of drug-likeness (QED) is 0.567. The summed E-state index contributed by atoms with van der Waals surface area (Å²) in [5.41, 5.74) is 1.71. The maximum atomic E-state index is 12.6. The Morgan fingerprint density at radius 2 is 1.53 bits per heavy atom. The van der Waals surface area contributed by atoms with E-state index in [2.05, 4.69) is 5.32 Å². The SMILES string of the molecule is O=C(Cc1cccc2ccccc12)NCC(=O)N1CCN(S(=O)(=O)/C=C/c2ccccc2)CC1. The van der Waals surface area contributed by atoms with Crippen LogP contribution in [0.5, 0.6) is 0 Å². The van der Waals surface area contributed by atoms with Gasteiger partial charge in [-0.05, 0) is 28.0 Å². The second-order valence-corrected chi connectivity index (χ2v) is 9.95. The number of hydrogen-bond donors (Lipinski definition) is 1. The van der Waals surface area contributed by atoms with Crippen LogP contribution in [0.15, 0.2) is 78.2 Å². The number of amides is 2. The summed E-state index contributed by atoms with van der Waals surface area (Å²) >= 11 is 0. The number of sulfonamides is 1. The lowest BCUT2D eigenvalue weighted by Gasteiger charge is -2.33. The number of nitrogens with one attached hydrogen (secondary N) is 1. The van der Waals surface area contributed by atoms with Crippen LogP contribution in [0.25, 0.3) is 16.8 Å². The first-order valence-electron chi connectivity index (χ1n) is 11.2. The average molecular weight is 478 g/mol. The zero-order valence-electron chi connectivity index (χ0n) is 18.8. The minimum absolute atomic E-state index is 0.107. The summed E-state index contributed by atoms with van der Waals surface area (Å²) in [6, 6.07) is 22.9. The van der Waals surface area contributed by atoms with Crippen LogP contribution in [0.2, 0.25) is 0 Å². The van der Waals surface area contributed by atoms with E-state index >= 15 is 0 Å². The second-order valence-electron chi connectivity index (χ2n) is 8.13. The fourth-order valence-electron chi connectivity index (χ4n) is 3.97. The zero-order valence-corrected chi connectivity index (χ0v) is 19.6. The Morgan fingerprint density at radius 3 is 2.29 bits per heavy atom. The first kappa shape index (κ1) is 23.7. The molecule has 7 nitrogen and oxygen atoms in total. The van der Waals surface area contributed by atoms with E-state index in [0.717, 1.165) is 21.9 Å². The van der Waals surface area contributed by atoms with Gasteiger partial charge in [-0.15, -0.1) is 0 Å². The van der Waals surface area contributed by atoms with Gasteiger partial charge in [0.1, 0.15) is 0 Å². The Balaban J connectivity index is 1.26. The molecule has 1 saturated heterocycles. The Labute approximate surface area is 199 Å². The number of hydrogen-bond acceptors (Lipinski definition) is 4. The maximum Gasteiger partial charge on any atom is 0.242 e. The van der Waals surface area contributed by atoms with Crippen LogP contribution in [0.4, 0.5) is 0 Å². The Bertz CT molecular complexity index is 1290. The first-order valence-corrected chi connectivity index (χ1v) is 12.7. The molecule has 4 rings (SSSR count). The third-order valence-corrected chi connectivity index (χ3v) is 7.42. The Kier molecular flexibility index (Phi) is 7.40. The normalized spacial score (nSPS) is 15.0. The number of rotatable bonds is 7. The molecule has 2 amide bonds. The Morgan fingerprint density at radius 1 is 0.853 bits per heavy atom. The van der Waals surface area contributed by atoms with E-state index in [0.29, 0.717) is 0 Å². The van der Waals surface area contributed by atoms with Crippen molar-refractivity contribution in [1.29, 1.82) is 0 Å². The largest absolute Gasteiger partial charge is 0.347 e. The minimum Gasteiger partial charge on any atom is -0.347 e. The van der Waals surface area contributed by atoms with Crippen molar-refractivity contribution in [2.75, 3.05) is 32.7 Å². The van der Waals surface area contributed by atoms with Gasteiger partial charge in [-0.25, -0.2) is 8.42 Å². The lowest BCUT2D eigenvalue weighted by atomic mass is 10.0. The van der Waals surface area contributed by atoms with E-state index in [1.807, 2.05) is 72.8 Å². The van der Waals surface area contributed by atoms with Crippen LogP contribution >= 0.6 is 0 Å². The third-order valence-electron chi connectivity index (χ3n) is 5.85. The average Bonchev–Trinajstić information content (AvgIpc) is 2.87. The molecule has 1 N–H and O–H groups in total. The van der Waals surface area contributed by atoms with Gasteiger partial charge in [-0.2, -0.15) is 4.31 Å². The van der Waals surface area contributed by atoms with Gasteiger partial charge in [-0.1, -0.05) is 72.8 Å². The monoisotopic (exact) mass is 477 g/mol. The highest BCUT2D eigenvalue weighted by Gasteiger charge is 2.27. The molecule has 3 aromatic carbocycles. The number of benzene rings is 3. The molecule has 1 aliphatic rings. The summed E-state index contributed by atoms with van der Waals surface area (Å²) < 4.78 is 26.6. The van der Waals surface area contributed by atoms with Gasteiger partial charge < -0.3 is 10.2 Å². The fourth-order valence-corrected chi connectivity index (χ4v) is 5.15. The number of fused-ring (bicyclic) bond motifs is 1. The van der Waals surface area contributed by atoms with Gasteiger partial charge in [0.25, 0.3) is 0 Å². The third kappa shape index (κ3) is 5.89. The van der Waals surface area contributed by atoms with Crippen LogP contribution < -0.4 is 5.32 Å². The number of nitrogens with zero attached hydrogens (tertiary/aromatic N) is 2. The second kappa shape index (κ2) is 10.6. The van der Waals surface area contributed by atoms with Crippen molar-refractivity contribution >= 4 is 38.7 Å². The van der Waals surface area contributed by atoms with Crippen molar-refractivity contribution in [2.24, 2.45) is 0 Å². The molecule has 0 radical (unpaired) electrons. The number of carbonyl (C=O) groups excluding carboxylic acids is 2. The van der Waals surface area contributed by atoms with Gasteiger partial charge in [0.2, 0.25) is 21.8 Å². The molecule has 1 heterocycles. The predicted octanol–water partition coefficient (Wildman–Crippen LogP) is 2.64. The highest BCUT2D eigenvalue weighted by Crippen LogP contribution is 2.19. The lowest BCUT2D eigenvalue weighted by molar-refractivity contribution is -0.133. The van der Waals surface area contributed by atoms with E-state index < -0.39 is 10.0 Å². The van der Waals surface area contributed by atoms with E-state index in [1.54, 1.807) is 11.0 Å². The molecular weight excluding hydrogens is 450 g/mol. The summed E-state index contributed by atoms with van der Waals surface area (Å²) in [5, 5.41) is 5.99. The maximum absolute atomic E-state index is 12.6. The van der Waals surface area contributed by atoms with Crippen molar-refractivity contribution in [3.63, 3.8) is 0 Å². The molecule has 1 aliphatic heterocycles. The molecule has 0 bridgehead atoms. The molecule has 1 fully saturated rings. The summed E-state index contributed by atoms with van der Waals surface area (Å²) in [6.07, 6.45) is 1.76. The molecule has 0 atom stereocenters. The lowest BCUT2D eigenvalue weighted by Crippen LogP contribution is -2.52. The Hall–Kier alpha value is -3.49. The number of piperazine rings is 1. The van der Waals surface area contributed by atoms with Gasteiger partial charge in [-0.3, -0.25) is 9.59 Å². The summed E-state index contributed by atoms with van der Waals surface area (Å²) in [7, 11) is -3.56.